The Morgan fingerprint density at radius 1 is 1.18 bits per heavy atom. The van der Waals surface area contributed by atoms with Gasteiger partial charge in [0, 0.05) is 19.3 Å². The highest BCUT2D eigenvalue weighted by atomic mass is 127. The third-order valence-corrected chi connectivity index (χ3v) is 3.70. The van der Waals surface area contributed by atoms with Crippen molar-refractivity contribution < 1.29 is 28.5 Å². The number of hydrogen-bond donors (Lipinski definition) is 0. The van der Waals surface area contributed by atoms with Crippen molar-refractivity contribution >= 4 is 0 Å². The minimum atomic E-state index is 0. The molecule has 2 atom stereocenters. The minimum absolute atomic E-state index is 0. The fraction of sp³-hybridized carbons (Fsp3) is 0.600. The quantitative estimate of drug-likeness (QED) is 0.399. The van der Waals surface area contributed by atoms with Crippen LogP contribution < -0.4 is 24.0 Å². The first kappa shape index (κ1) is 16.9. The van der Waals surface area contributed by atoms with Gasteiger partial charge in [-0.3, -0.25) is 0 Å². The van der Waals surface area contributed by atoms with E-state index in [9.17, 15) is 0 Å². The lowest BCUT2D eigenvalue weighted by atomic mass is 9.92. The Labute approximate surface area is 124 Å². The van der Waals surface area contributed by atoms with E-state index in [4.69, 9.17) is 0 Å². The van der Waals surface area contributed by atoms with Crippen molar-refractivity contribution in [1.29, 1.82) is 0 Å². The lowest BCUT2D eigenvalue weighted by Crippen LogP contribution is -3.00. The first-order valence-electron chi connectivity index (χ1n) is 6.12. The van der Waals surface area contributed by atoms with Gasteiger partial charge >= 0.3 is 0 Å². The Morgan fingerprint density at radius 2 is 1.71 bits per heavy atom. The smallest absolute Gasteiger partial charge is 0.111 e. The van der Waals surface area contributed by atoms with Crippen LogP contribution in [-0.2, 0) is 0 Å². The summed E-state index contributed by atoms with van der Waals surface area (Å²) >= 11 is 0. The summed E-state index contributed by atoms with van der Waals surface area (Å²) in [6, 6.07) is 1.25. The second kappa shape index (κ2) is 6.74. The van der Waals surface area contributed by atoms with Crippen LogP contribution in [0.15, 0.2) is 36.5 Å². The minimum Gasteiger partial charge on any atom is -1.00 e. The lowest BCUT2D eigenvalue weighted by molar-refractivity contribution is -0.933. The van der Waals surface area contributed by atoms with Gasteiger partial charge in [0.2, 0.25) is 0 Å². The number of likely N-dealkylation sites (N-methyl/N-ethyl adjacent to an activating group) is 1. The van der Waals surface area contributed by atoms with Crippen LogP contribution in [-0.4, -0.2) is 30.7 Å². The zero-order valence-electron chi connectivity index (χ0n) is 11.7. The number of rotatable bonds is 4. The van der Waals surface area contributed by atoms with E-state index in [1.807, 2.05) is 0 Å². The van der Waals surface area contributed by atoms with Gasteiger partial charge in [-0.1, -0.05) is 30.4 Å². The fourth-order valence-corrected chi connectivity index (χ4v) is 2.54. The summed E-state index contributed by atoms with van der Waals surface area (Å²) in [5.74, 6) is 0. The number of quaternary nitrogens is 1. The van der Waals surface area contributed by atoms with Crippen LogP contribution >= 0.6 is 0 Å². The van der Waals surface area contributed by atoms with Gasteiger partial charge in [0.15, 0.2) is 0 Å². The van der Waals surface area contributed by atoms with Crippen molar-refractivity contribution in [3.8, 4) is 0 Å². The molecule has 0 aliphatic carbocycles. The highest BCUT2D eigenvalue weighted by Crippen LogP contribution is 2.29. The van der Waals surface area contributed by atoms with Crippen molar-refractivity contribution in [2.75, 3.05) is 14.1 Å². The van der Waals surface area contributed by atoms with Crippen LogP contribution in [0.4, 0.5) is 0 Å². The molecule has 1 aliphatic heterocycles. The summed E-state index contributed by atoms with van der Waals surface area (Å²) in [7, 11) is 4.68. The Morgan fingerprint density at radius 3 is 2.18 bits per heavy atom. The van der Waals surface area contributed by atoms with E-state index in [2.05, 4.69) is 53.3 Å². The van der Waals surface area contributed by atoms with Gasteiger partial charge in [0.25, 0.3) is 0 Å². The van der Waals surface area contributed by atoms with E-state index in [0.717, 1.165) is 17.3 Å². The highest BCUT2D eigenvalue weighted by molar-refractivity contribution is 5.05. The molecule has 0 saturated carbocycles. The van der Waals surface area contributed by atoms with Gasteiger partial charge in [-0.2, -0.15) is 0 Å². The molecular weight excluding hydrogens is 321 g/mol. The molecule has 2 heteroatoms. The van der Waals surface area contributed by atoms with Gasteiger partial charge < -0.3 is 28.5 Å². The average molecular weight is 347 g/mol. The summed E-state index contributed by atoms with van der Waals surface area (Å²) in [4.78, 5) is 0. The van der Waals surface area contributed by atoms with E-state index in [-0.39, 0.29) is 24.0 Å². The van der Waals surface area contributed by atoms with Gasteiger partial charge in [0.05, 0.1) is 20.1 Å². The predicted molar refractivity (Wildman–Crippen MR) is 72.3 cm³/mol. The molecule has 0 aromatic rings. The molecule has 1 rings (SSSR count). The molecule has 0 aromatic heterocycles. The van der Waals surface area contributed by atoms with E-state index in [1.165, 1.54) is 17.6 Å². The standard InChI is InChI=1S/C15H26N.HI/c1-12(2)10-14-8-7-9-15(11-13(3)4)16(14,5)6;/h7-8,14-15H,1,3,9-11H2,2,4-6H3;1H/q+1;/p-1/t14-,15-;/m1./s1. The SMILES string of the molecule is C=C(C)C[C@H]1CC=C[C@H](CC(=C)C)[N+]1(C)C.[I-]. The number of nitrogens with zero attached hydrogens (tertiary/aromatic N) is 1. The van der Waals surface area contributed by atoms with Gasteiger partial charge in [-0.05, 0) is 19.9 Å². The molecule has 1 heterocycles. The molecule has 0 N–H and O–H groups in total. The highest BCUT2D eigenvalue weighted by Gasteiger charge is 2.36. The second-order valence-corrected chi connectivity index (χ2v) is 5.84. The van der Waals surface area contributed by atoms with E-state index < -0.39 is 0 Å². The molecule has 0 spiro atoms. The zero-order valence-corrected chi connectivity index (χ0v) is 13.8. The summed E-state index contributed by atoms with van der Waals surface area (Å²) in [6.07, 6.45) is 8.10. The monoisotopic (exact) mass is 347 g/mol. The summed E-state index contributed by atoms with van der Waals surface area (Å²) in [5, 5.41) is 0. The topological polar surface area (TPSA) is 0 Å². The maximum Gasteiger partial charge on any atom is 0.111 e. The molecular formula is C15H26IN. The van der Waals surface area contributed by atoms with Crippen molar-refractivity contribution in [3.05, 3.63) is 36.5 Å². The Bertz CT molecular complexity index is 315. The third kappa shape index (κ3) is 4.59. The Hall–Kier alpha value is -0.0900. The molecule has 0 fully saturated rings. The zero-order chi connectivity index (χ0) is 12.3. The number of hydrogen-bond acceptors (Lipinski definition) is 0. The van der Waals surface area contributed by atoms with Crippen molar-refractivity contribution in [2.24, 2.45) is 0 Å². The maximum absolute atomic E-state index is 4.05. The summed E-state index contributed by atoms with van der Waals surface area (Å²) in [5.41, 5.74) is 2.57. The first-order valence-corrected chi connectivity index (χ1v) is 6.12. The molecule has 17 heavy (non-hydrogen) atoms. The molecule has 1 nitrogen and oxygen atoms in total. The van der Waals surface area contributed by atoms with Gasteiger partial charge in [-0.25, -0.2) is 0 Å². The van der Waals surface area contributed by atoms with Gasteiger partial charge in [-0.15, -0.1) is 0 Å². The molecule has 0 bridgehead atoms. The van der Waals surface area contributed by atoms with Crippen molar-refractivity contribution in [3.63, 3.8) is 0 Å². The van der Waals surface area contributed by atoms with E-state index >= 15 is 0 Å². The van der Waals surface area contributed by atoms with Crippen LogP contribution in [0.2, 0.25) is 0 Å². The molecule has 0 aromatic carbocycles. The molecule has 1 aliphatic rings. The molecule has 98 valence electrons. The van der Waals surface area contributed by atoms with E-state index in [0.29, 0.717) is 12.1 Å². The molecule has 0 amide bonds. The summed E-state index contributed by atoms with van der Waals surface area (Å²) in [6.45, 7) is 12.3. The van der Waals surface area contributed by atoms with Crippen LogP contribution in [0, 0.1) is 0 Å². The molecule has 0 radical (unpaired) electrons. The lowest BCUT2D eigenvalue weighted by Gasteiger charge is -2.45. The molecule has 0 saturated heterocycles. The Kier molecular flexibility index (Phi) is 6.70. The third-order valence-electron chi connectivity index (χ3n) is 3.70. The fourth-order valence-electron chi connectivity index (χ4n) is 2.54. The van der Waals surface area contributed by atoms with Gasteiger partial charge in [0.1, 0.15) is 6.04 Å². The van der Waals surface area contributed by atoms with Crippen LogP contribution in [0.5, 0.6) is 0 Å². The van der Waals surface area contributed by atoms with Crippen LogP contribution in [0.25, 0.3) is 0 Å². The first-order chi connectivity index (χ1) is 7.34. The normalized spacial score (nSPS) is 26.1. The molecule has 0 unspecified atom stereocenters. The van der Waals surface area contributed by atoms with Crippen molar-refractivity contribution in [1.82, 2.24) is 0 Å². The van der Waals surface area contributed by atoms with E-state index in [1.54, 1.807) is 0 Å². The van der Waals surface area contributed by atoms with Crippen molar-refractivity contribution in [2.45, 2.75) is 45.2 Å². The number of halogens is 1. The van der Waals surface area contributed by atoms with Crippen LogP contribution in [0.1, 0.15) is 33.1 Å². The Balaban J connectivity index is 0.00000256. The summed E-state index contributed by atoms with van der Waals surface area (Å²) < 4.78 is 1.07. The predicted octanol–water partition coefficient (Wildman–Crippen LogP) is 0.696. The average Bonchev–Trinajstić information content (AvgIpc) is 2.11. The second-order valence-electron chi connectivity index (χ2n) is 5.84. The van der Waals surface area contributed by atoms with Crippen LogP contribution in [0.3, 0.4) is 0 Å². The largest absolute Gasteiger partial charge is 1.00 e. The maximum atomic E-state index is 4.05.